The fourth-order valence-electron chi connectivity index (χ4n) is 3.64. The quantitative estimate of drug-likeness (QED) is 0.818. The average molecular weight is 326 g/mol. The molecule has 0 radical (unpaired) electrons. The maximum absolute atomic E-state index is 6.30. The molecule has 0 saturated heterocycles. The lowest BCUT2D eigenvalue weighted by atomic mass is 9.93. The molecule has 4 rings (SSSR count). The molecule has 3 nitrogen and oxygen atoms in total. The van der Waals surface area contributed by atoms with Gasteiger partial charge >= 0.3 is 0 Å². The smallest absolute Gasteiger partial charge is 0.202 e. The van der Waals surface area contributed by atoms with E-state index in [9.17, 15) is 0 Å². The second-order valence-electron chi connectivity index (χ2n) is 6.36. The predicted octanol–water partition coefficient (Wildman–Crippen LogP) is 4.33. The van der Waals surface area contributed by atoms with E-state index in [4.69, 9.17) is 16.6 Å². The van der Waals surface area contributed by atoms with Gasteiger partial charge in [0, 0.05) is 23.2 Å². The lowest BCUT2D eigenvalue weighted by molar-refractivity contribution is 0.370. The summed E-state index contributed by atoms with van der Waals surface area (Å²) in [5, 5.41) is 0.772. The van der Waals surface area contributed by atoms with Crippen LogP contribution in [0.4, 0.5) is 5.69 Å². The molecule has 2 aliphatic rings. The zero-order valence-electron chi connectivity index (χ0n) is 13.4. The molecule has 0 fully saturated rings. The molecule has 2 aliphatic heterocycles. The van der Waals surface area contributed by atoms with E-state index in [1.807, 2.05) is 6.07 Å². The Labute approximate surface area is 142 Å². The summed E-state index contributed by atoms with van der Waals surface area (Å²) < 4.78 is 0. The van der Waals surface area contributed by atoms with Crippen LogP contribution < -0.4 is 4.90 Å². The van der Waals surface area contributed by atoms with Crippen molar-refractivity contribution < 1.29 is 0 Å². The van der Waals surface area contributed by atoms with Crippen molar-refractivity contribution >= 4 is 23.2 Å². The SMILES string of the molecule is CC(C)N1C2=NCCN2C(c2ccccc2)c2ccc(Cl)cc21. The molecule has 0 amide bonds. The number of nitrogens with zero attached hydrogens (tertiary/aromatic N) is 3. The zero-order valence-corrected chi connectivity index (χ0v) is 14.2. The van der Waals surface area contributed by atoms with E-state index in [1.54, 1.807) is 0 Å². The third-order valence-corrected chi connectivity index (χ3v) is 4.79. The molecule has 0 spiro atoms. The van der Waals surface area contributed by atoms with Gasteiger partial charge in [0.25, 0.3) is 0 Å². The van der Waals surface area contributed by atoms with Gasteiger partial charge < -0.3 is 9.80 Å². The van der Waals surface area contributed by atoms with Crippen LogP contribution in [-0.4, -0.2) is 30.0 Å². The van der Waals surface area contributed by atoms with Crippen LogP contribution in [0, 0.1) is 0 Å². The highest BCUT2D eigenvalue weighted by Gasteiger charge is 2.39. The second kappa shape index (κ2) is 5.57. The molecule has 118 valence electrons. The van der Waals surface area contributed by atoms with Gasteiger partial charge in [-0.05, 0) is 31.5 Å². The van der Waals surface area contributed by atoms with E-state index in [1.165, 1.54) is 16.8 Å². The molecule has 0 saturated carbocycles. The highest BCUT2D eigenvalue weighted by atomic mass is 35.5. The fraction of sp³-hybridized carbons (Fsp3) is 0.316. The largest absolute Gasteiger partial charge is 0.329 e. The maximum Gasteiger partial charge on any atom is 0.202 e. The van der Waals surface area contributed by atoms with Crippen LogP contribution in [-0.2, 0) is 0 Å². The number of rotatable bonds is 2. The first-order valence-electron chi connectivity index (χ1n) is 8.11. The normalized spacial score (nSPS) is 19.7. The van der Waals surface area contributed by atoms with Crippen LogP contribution >= 0.6 is 11.6 Å². The van der Waals surface area contributed by atoms with Gasteiger partial charge in [0.05, 0.1) is 18.3 Å². The van der Waals surface area contributed by atoms with Crippen LogP contribution in [0.5, 0.6) is 0 Å². The summed E-state index contributed by atoms with van der Waals surface area (Å²) in [5.74, 6) is 1.07. The fourth-order valence-corrected chi connectivity index (χ4v) is 3.81. The Hall–Kier alpha value is -2.00. The van der Waals surface area contributed by atoms with Gasteiger partial charge in [-0.1, -0.05) is 48.0 Å². The molecule has 1 unspecified atom stereocenters. The van der Waals surface area contributed by atoms with E-state index >= 15 is 0 Å². The number of benzene rings is 2. The van der Waals surface area contributed by atoms with Gasteiger partial charge in [0.2, 0.25) is 5.96 Å². The van der Waals surface area contributed by atoms with Gasteiger partial charge in [-0.15, -0.1) is 0 Å². The lowest BCUT2D eigenvalue weighted by Gasteiger charge is -2.45. The van der Waals surface area contributed by atoms with Crippen molar-refractivity contribution in [1.82, 2.24) is 4.90 Å². The summed E-state index contributed by atoms with van der Waals surface area (Å²) in [4.78, 5) is 9.53. The van der Waals surface area contributed by atoms with Crippen LogP contribution in [0.15, 0.2) is 53.5 Å². The highest BCUT2D eigenvalue weighted by Crippen LogP contribution is 2.43. The Balaban J connectivity index is 1.94. The van der Waals surface area contributed by atoms with Crippen molar-refractivity contribution in [2.75, 3.05) is 18.0 Å². The Kier molecular flexibility index (Phi) is 3.53. The number of hydrogen-bond donors (Lipinski definition) is 0. The summed E-state index contributed by atoms with van der Waals surface area (Å²) in [6.45, 7) is 6.21. The number of halogens is 1. The van der Waals surface area contributed by atoms with Crippen molar-refractivity contribution in [3.8, 4) is 0 Å². The highest BCUT2D eigenvalue weighted by molar-refractivity contribution is 6.31. The molecule has 0 aromatic heterocycles. The van der Waals surface area contributed by atoms with Crippen molar-refractivity contribution in [1.29, 1.82) is 0 Å². The molecule has 0 N–H and O–H groups in total. The molecule has 4 heteroatoms. The first-order valence-corrected chi connectivity index (χ1v) is 8.49. The van der Waals surface area contributed by atoms with Gasteiger partial charge in [-0.2, -0.15) is 0 Å². The van der Waals surface area contributed by atoms with Crippen LogP contribution in [0.1, 0.15) is 31.0 Å². The summed E-state index contributed by atoms with van der Waals surface area (Å²) in [6.07, 6.45) is 0. The summed E-state index contributed by atoms with van der Waals surface area (Å²) in [6, 6.07) is 17.4. The number of aliphatic imine (C=N–C) groups is 1. The third-order valence-electron chi connectivity index (χ3n) is 4.56. The Morgan fingerprint density at radius 3 is 2.65 bits per heavy atom. The van der Waals surface area contributed by atoms with Gasteiger partial charge in [-0.25, -0.2) is 0 Å². The monoisotopic (exact) mass is 325 g/mol. The molecule has 0 bridgehead atoms. The number of hydrogen-bond acceptors (Lipinski definition) is 3. The zero-order chi connectivity index (χ0) is 16.0. The van der Waals surface area contributed by atoms with Gasteiger partial charge in [0.15, 0.2) is 0 Å². The molecule has 1 atom stereocenters. The lowest BCUT2D eigenvalue weighted by Crippen LogP contribution is -2.51. The van der Waals surface area contributed by atoms with Crippen LogP contribution in [0.3, 0.4) is 0 Å². The van der Waals surface area contributed by atoms with E-state index in [-0.39, 0.29) is 6.04 Å². The first kappa shape index (κ1) is 14.6. The summed E-state index contributed by atoms with van der Waals surface area (Å²) >= 11 is 6.30. The number of anilines is 1. The van der Waals surface area contributed by atoms with E-state index in [0.29, 0.717) is 6.04 Å². The summed E-state index contributed by atoms with van der Waals surface area (Å²) in [5.41, 5.74) is 3.78. The predicted molar refractivity (Wildman–Crippen MR) is 96.4 cm³/mol. The Morgan fingerprint density at radius 2 is 1.91 bits per heavy atom. The Morgan fingerprint density at radius 1 is 1.13 bits per heavy atom. The molecular formula is C19H20ClN3. The molecular weight excluding hydrogens is 306 g/mol. The van der Waals surface area contributed by atoms with Crippen molar-refractivity contribution in [2.24, 2.45) is 4.99 Å². The topological polar surface area (TPSA) is 18.8 Å². The number of guanidine groups is 1. The van der Waals surface area contributed by atoms with E-state index < -0.39 is 0 Å². The van der Waals surface area contributed by atoms with Crippen molar-refractivity contribution in [2.45, 2.75) is 25.9 Å². The van der Waals surface area contributed by atoms with Gasteiger partial charge in [0.1, 0.15) is 0 Å². The summed E-state index contributed by atoms with van der Waals surface area (Å²) in [7, 11) is 0. The molecule has 0 aliphatic carbocycles. The molecule has 2 aromatic rings. The van der Waals surface area contributed by atoms with Crippen molar-refractivity contribution in [3.05, 3.63) is 64.7 Å². The maximum atomic E-state index is 6.30. The molecule has 23 heavy (non-hydrogen) atoms. The van der Waals surface area contributed by atoms with E-state index in [0.717, 1.165) is 24.1 Å². The van der Waals surface area contributed by atoms with Crippen LogP contribution in [0.25, 0.3) is 0 Å². The Bertz CT molecular complexity index is 754. The molecule has 2 heterocycles. The second-order valence-corrected chi connectivity index (χ2v) is 6.79. The standard InChI is InChI=1S/C19H20ClN3/c1-13(2)23-17-12-15(20)8-9-16(17)18(14-6-4-3-5-7-14)22-11-10-21-19(22)23/h3-9,12-13,18H,10-11H2,1-2H3. The minimum absolute atomic E-state index is 0.208. The number of fused-ring (bicyclic) bond motifs is 2. The minimum atomic E-state index is 0.208. The van der Waals surface area contributed by atoms with Gasteiger partial charge in [-0.3, -0.25) is 4.99 Å². The average Bonchev–Trinajstić information content (AvgIpc) is 3.01. The third kappa shape index (κ3) is 2.31. The van der Waals surface area contributed by atoms with Crippen molar-refractivity contribution in [3.63, 3.8) is 0 Å². The first-order chi connectivity index (χ1) is 11.2. The van der Waals surface area contributed by atoms with E-state index in [2.05, 4.69) is 66.1 Å². The molecule has 2 aromatic carbocycles. The van der Waals surface area contributed by atoms with Crippen LogP contribution in [0.2, 0.25) is 5.02 Å². The minimum Gasteiger partial charge on any atom is -0.329 e.